The van der Waals surface area contributed by atoms with Crippen molar-refractivity contribution in [2.75, 3.05) is 32.4 Å². The van der Waals surface area contributed by atoms with Crippen LogP contribution in [0.2, 0.25) is 0 Å². The molecule has 9 heteroatoms. The average Bonchev–Trinajstić information content (AvgIpc) is 3.18. The van der Waals surface area contributed by atoms with E-state index in [0.29, 0.717) is 35.7 Å². The van der Waals surface area contributed by atoms with Crippen LogP contribution in [0.4, 0.5) is 4.39 Å². The van der Waals surface area contributed by atoms with Gasteiger partial charge in [-0.1, -0.05) is 6.07 Å². The van der Waals surface area contributed by atoms with Gasteiger partial charge in [0.15, 0.2) is 0 Å². The number of benzene rings is 1. The van der Waals surface area contributed by atoms with Crippen LogP contribution in [-0.4, -0.2) is 73.0 Å². The van der Waals surface area contributed by atoms with Gasteiger partial charge < -0.3 is 10.3 Å². The fourth-order valence-electron chi connectivity index (χ4n) is 4.74. The molecular weight excluding hydrogens is 407 g/mol. The number of aromatic nitrogens is 1. The lowest BCUT2D eigenvalue weighted by atomic mass is 9.89. The second-order valence-corrected chi connectivity index (χ2v) is 10.5. The van der Waals surface area contributed by atoms with E-state index in [2.05, 4.69) is 15.2 Å². The molecule has 2 heterocycles. The van der Waals surface area contributed by atoms with Crippen LogP contribution in [0.15, 0.2) is 18.2 Å². The van der Waals surface area contributed by atoms with Crippen LogP contribution in [0.1, 0.15) is 41.7 Å². The summed E-state index contributed by atoms with van der Waals surface area (Å²) in [6.07, 6.45) is 5.09. The summed E-state index contributed by atoms with van der Waals surface area (Å²) >= 11 is 0. The minimum absolute atomic E-state index is 0.0570. The lowest BCUT2D eigenvalue weighted by Crippen LogP contribution is -2.54. The van der Waals surface area contributed by atoms with Crippen LogP contribution in [0.5, 0.6) is 0 Å². The van der Waals surface area contributed by atoms with Crippen LogP contribution >= 0.6 is 0 Å². The molecule has 2 atom stereocenters. The lowest BCUT2D eigenvalue weighted by molar-refractivity contribution is 0.0835. The summed E-state index contributed by atoms with van der Waals surface area (Å²) in [5.74, 6) is -0.547. The van der Waals surface area contributed by atoms with Crippen LogP contribution < -0.4 is 5.32 Å². The van der Waals surface area contributed by atoms with Crippen LogP contribution in [-0.2, 0) is 10.0 Å². The van der Waals surface area contributed by atoms with Gasteiger partial charge in [-0.2, -0.15) is 4.31 Å². The standard InChI is InChI=1S/C21H29FN4O3S/c1-14-6-7-18(22)17-13-19(24-20(14)17)21(27)23-15-4-3-5-16(12-15)25-8-10-26(11-9-25)30(2,28)29/h6-7,13,15-16,24H,3-5,8-12H2,1-2H3,(H,23,27)/t15-,16-/m1/s1. The number of sulfonamides is 1. The van der Waals surface area contributed by atoms with Crippen molar-refractivity contribution in [1.29, 1.82) is 0 Å². The van der Waals surface area contributed by atoms with Crippen molar-refractivity contribution >= 4 is 26.8 Å². The Bertz CT molecular complexity index is 1000. The first-order chi connectivity index (χ1) is 14.2. The van der Waals surface area contributed by atoms with Gasteiger partial charge in [0.1, 0.15) is 11.5 Å². The molecule has 1 aliphatic heterocycles. The number of carbonyl (C=O) groups is 1. The number of nitrogens with one attached hydrogen (secondary N) is 2. The minimum Gasteiger partial charge on any atom is -0.350 e. The van der Waals surface area contributed by atoms with Gasteiger partial charge in [0.05, 0.1) is 11.8 Å². The number of fused-ring (bicyclic) bond motifs is 1. The highest BCUT2D eigenvalue weighted by Gasteiger charge is 2.31. The number of amides is 1. The van der Waals surface area contributed by atoms with Crippen LogP contribution in [0, 0.1) is 12.7 Å². The van der Waals surface area contributed by atoms with Gasteiger partial charge in [0, 0.05) is 43.6 Å². The highest BCUT2D eigenvalue weighted by molar-refractivity contribution is 7.88. The molecule has 2 aromatic rings. The largest absolute Gasteiger partial charge is 0.350 e. The zero-order valence-corrected chi connectivity index (χ0v) is 18.3. The Morgan fingerprint density at radius 3 is 2.60 bits per heavy atom. The second-order valence-electron chi connectivity index (χ2n) is 8.52. The maximum absolute atomic E-state index is 14.1. The Labute approximate surface area is 176 Å². The van der Waals surface area contributed by atoms with Crippen molar-refractivity contribution in [1.82, 2.24) is 19.5 Å². The fraction of sp³-hybridized carbons (Fsp3) is 0.571. The molecule has 0 unspecified atom stereocenters. The number of halogens is 1. The maximum Gasteiger partial charge on any atom is 0.267 e. The monoisotopic (exact) mass is 436 g/mol. The summed E-state index contributed by atoms with van der Waals surface area (Å²) in [7, 11) is -3.14. The van der Waals surface area contributed by atoms with E-state index < -0.39 is 10.0 Å². The van der Waals surface area contributed by atoms with Gasteiger partial charge >= 0.3 is 0 Å². The smallest absolute Gasteiger partial charge is 0.267 e. The third-order valence-corrected chi connectivity index (χ3v) is 7.74. The topological polar surface area (TPSA) is 85.5 Å². The summed E-state index contributed by atoms with van der Waals surface area (Å²) < 4.78 is 39.0. The first kappa shape index (κ1) is 21.3. The van der Waals surface area contributed by atoms with Crippen molar-refractivity contribution in [3.8, 4) is 0 Å². The molecule has 1 saturated heterocycles. The molecule has 0 radical (unpaired) electrons. The van der Waals surface area contributed by atoms with Crippen molar-refractivity contribution in [3.63, 3.8) is 0 Å². The minimum atomic E-state index is -3.14. The molecule has 4 rings (SSSR count). The molecule has 2 fully saturated rings. The molecule has 7 nitrogen and oxygen atoms in total. The number of piperazine rings is 1. The lowest BCUT2D eigenvalue weighted by Gasteiger charge is -2.41. The predicted octanol–water partition coefficient (Wildman–Crippen LogP) is 2.23. The Hall–Kier alpha value is -1.97. The zero-order chi connectivity index (χ0) is 21.5. The SMILES string of the molecule is Cc1ccc(F)c2cc(C(=O)N[C@@H]3CCC[C@@H](N4CCN(S(C)(=O)=O)CC4)C3)[nH]c12. The number of carbonyl (C=O) groups excluding carboxylic acids is 1. The van der Waals surface area contributed by atoms with E-state index in [9.17, 15) is 17.6 Å². The molecule has 1 amide bonds. The molecule has 1 saturated carbocycles. The number of hydrogen-bond acceptors (Lipinski definition) is 4. The Morgan fingerprint density at radius 2 is 1.93 bits per heavy atom. The van der Waals surface area contributed by atoms with Crippen molar-refractivity contribution in [3.05, 3.63) is 35.3 Å². The molecule has 0 spiro atoms. The number of nitrogens with zero attached hydrogens (tertiary/aromatic N) is 2. The summed E-state index contributed by atoms with van der Waals surface area (Å²) in [4.78, 5) is 18.2. The van der Waals surface area contributed by atoms with E-state index in [1.54, 1.807) is 12.1 Å². The summed E-state index contributed by atoms with van der Waals surface area (Å²) in [6.45, 7) is 4.37. The summed E-state index contributed by atoms with van der Waals surface area (Å²) in [5, 5.41) is 3.55. The molecular formula is C21H29FN4O3S. The van der Waals surface area contributed by atoms with Crippen LogP contribution in [0.25, 0.3) is 10.9 Å². The fourth-order valence-corrected chi connectivity index (χ4v) is 5.56. The second kappa shape index (κ2) is 8.28. The Morgan fingerprint density at radius 1 is 1.20 bits per heavy atom. The molecule has 1 aromatic heterocycles. The summed E-state index contributed by atoms with van der Waals surface area (Å²) in [5.41, 5.74) is 1.93. The quantitative estimate of drug-likeness (QED) is 0.770. The molecule has 2 aliphatic rings. The first-order valence-corrected chi connectivity index (χ1v) is 12.3. The molecule has 30 heavy (non-hydrogen) atoms. The number of rotatable bonds is 4. The van der Waals surface area contributed by atoms with E-state index in [-0.39, 0.29) is 17.8 Å². The van der Waals surface area contributed by atoms with E-state index in [1.165, 1.54) is 16.6 Å². The van der Waals surface area contributed by atoms with Gasteiger partial charge in [-0.25, -0.2) is 12.8 Å². The first-order valence-electron chi connectivity index (χ1n) is 10.5. The molecule has 0 bridgehead atoms. The third-order valence-electron chi connectivity index (χ3n) is 6.43. The number of H-pyrrole nitrogens is 1. The van der Waals surface area contributed by atoms with E-state index in [0.717, 1.165) is 44.3 Å². The number of hydrogen-bond donors (Lipinski definition) is 2. The molecule has 164 valence electrons. The van der Waals surface area contributed by atoms with Gasteiger partial charge in [-0.15, -0.1) is 0 Å². The summed E-state index contributed by atoms with van der Waals surface area (Å²) in [6, 6.07) is 5.10. The maximum atomic E-state index is 14.1. The Balaban J connectivity index is 1.38. The Kier molecular flexibility index (Phi) is 5.87. The molecule has 1 aromatic carbocycles. The van der Waals surface area contributed by atoms with Crippen molar-refractivity contribution < 1.29 is 17.6 Å². The highest BCUT2D eigenvalue weighted by Crippen LogP contribution is 2.26. The van der Waals surface area contributed by atoms with E-state index in [1.807, 2.05) is 6.92 Å². The van der Waals surface area contributed by atoms with Gasteiger partial charge in [-0.05, 0) is 50.3 Å². The predicted molar refractivity (Wildman–Crippen MR) is 114 cm³/mol. The van der Waals surface area contributed by atoms with Crippen molar-refractivity contribution in [2.24, 2.45) is 0 Å². The van der Waals surface area contributed by atoms with Gasteiger partial charge in [0.25, 0.3) is 5.91 Å². The van der Waals surface area contributed by atoms with Crippen molar-refractivity contribution in [2.45, 2.75) is 44.7 Å². The number of aryl methyl sites for hydroxylation is 1. The molecule has 2 N–H and O–H groups in total. The molecule has 1 aliphatic carbocycles. The van der Waals surface area contributed by atoms with E-state index >= 15 is 0 Å². The van der Waals surface area contributed by atoms with Crippen LogP contribution in [0.3, 0.4) is 0 Å². The number of aromatic amines is 1. The van der Waals surface area contributed by atoms with E-state index in [4.69, 9.17) is 0 Å². The zero-order valence-electron chi connectivity index (χ0n) is 17.4. The highest BCUT2D eigenvalue weighted by atomic mass is 32.2. The normalized spacial score (nSPS) is 24.2. The third kappa shape index (κ3) is 4.38. The van der Waals surface area contributed by atoms with Gasteiger partial charge in [0.2, 0.25) is 10.0 Å². The average molecular weight is 437 g/mol. The van der Waals surface area contributed by atoms with Gasteiger partial charge in [-0.3, -0.25) is 9.69 Å².